The average Bonchev–Trinajstić information content (AvgIpc) is 2.15. The van der Waals surface area contributed by atoms with Crippen molar-refractivity contribution in [1.82, 2.24) is 9.89 Å². The third-order valence-corrected chi connectivity index (χ3v) is 1.84. The summed E-state index contributed by atoms with van der Waals surface area (Å²) in [5.74, 6) is 5.24. The Bertz CT molecular complexity index is 573. The largest absolute Gasteiger partial charge is 0.321 e. The number of nitrogen functional groups attached to an aromatic ring is 1. The van der Waals surface area contributed by atoms with Crippen LogP contribution in [0.15, 0.2) is 33.9 Å². The maximum Gasteiger partial charge on any atom is 0.292 e. The SMILES string of the molecule is Nn1[nH]c(=O)c2ccccc2c1=O.[Na]. The van der Waals surface area contributed by atoms with Gasteiger partial charge in [0.25, 0.3) is 11.1 Å². The van der Waals surface area contributed by atoms with E-state index in [0.717, 1.165) is 0 Å². The molecule has 3 N–H and O–H groups in total. The van der Waals surface area contributed by atoms with E-state index < -0.39 is 5.56 Å². The van der Waals surface area contributed by atoms with Gasteiger partial charge >= 0.3 is 0 Å². The molecule has 0 saturated heterocycles. The number of H-pyrrole nitrogens is 1. The Morgan fingerprint density at radius 1 is 1.14 bits per heavy atom. The minimum Gasteiger partial charge on any atom is -0.321 e. The molecule has 1 radical (unpaired) electrons. The van der Waals surface area contributed by atoms with Crippen LogP contribution in [-0.4, -0.2) is 39.4 Å². The van der Waals surface area contributed by atoms with Crippen LogP contribution in [0.3, 0.4) is 0 Å². The molecule has 1 aromatic heterocycles. The number of rotatable bonds is 0. The zero-order valence-corrected chi connectivity index (χ0v) is 9.65. The maximum atomic E-state index is 11.3. The molecule has 0 aliphatic heterocycles. The summed E-state index contributed by atoms with van der Waals surface area (Å²) in [6.45, 7) is 0. The molecule has 0 unspecified atom stereocenters. The molecule has 5 nitrogen and oxygen atoms in total. The van der Waals surface area contributed by atoms with E-state index in [1.807, 2.05) is 0 Å². The summed E-state index contributed by atoms with van der Waals surface area (Å²) in [6.07, 6.45) is 0. The van der Waals surface area contributed by atoms with Gasteiger partial charge in [0.2, 0.25) is 0 Å². The molecule has 0 bridgehead atoms. The second-order valence-corrected chi connectivity index (χ2v) is 2.66. The molecule has 0 saturated carbocycles. The van der Waals surface area contributed by atoms with Crippen molar-refractivity contribution in [3.05, 3.63) is 45.0 Å². The molecule has 0 amide bonds. The predicted octanol–water partition coefficient (Wildman–Crippen LogP) is -0.977. The molecule has 0 atom stereocenters. The molecule has 0 aliphatic carbocycles. The smallest absolute Gasteiger partial charge is 0.292 e. The minimum absolute atomic E-state index is 0. The van der Waals surface area contributed by atoms with E-state index in [0.29, 0.717) is 15.6 Å². The first-order valence-electron chi connectivity index (χ1n) is 3.69. The number of fused-ring (bicyclic) bond motifs is 1. The predicted molar refractivity (Wildman–Crippen MR) is 54.7 cm³/mol. The molecule has 0 aliphatic rings. The molecule has 0 spiro atoms. The van der Waals surface area contributed by atoms with Crippen LogP contribution in [0, 0.1) is 0 Å². The Morgan fingerprint density at radius 2 is 1.71 bits per heavy atom. The number of aromatic nitrogens is 2. The Hall–Kier alpha value is -1.04. The monoisotopic (exact) mass is 200 g/mol. The summed E-state index contributed by atoms with van der Waals surface area (Å²) in [7, 11) is 0. The molecule has 1 heterocycles. The quantitative estimate of drug-likeness (QED) is 0.423. The number of hydrogen-bond donors (Lipinski definition) is 2. The van der Waals surface area contributed by atoms with E-state index in [2.05, 4.69) is 5.10 Å². The first-order valence-corrected chi connectivity index (χ1v) is 3.69. The Labute approximate surface area is 101 Å². The summed E-state index contributed by atoms with van der Waals surface area (Å²) in [5, 5.41) is 2.89. The van der Waals surface area contributed by atoms with Crippen molar-refractivity contribution < 1.29 is 0 Å². The molecule has 2 rings (SSSR count). The van der Waals surface area contributed by atoms with Crippen LogP contribution in [0.4, 0.5) is 0 Å². The zero-order valence-electron chi connectivity index (χ0n) is 7.65. The fourth-order valence-electron chi connectivity index (χ4n) is 1.22. The molecular weight excluding hydrogens is 193 g/mol. The third kappa shape index (κ3) is 1.61. The number of hydrogen-bond acceptors (Lipinski definition) is 3. The summed E-state index contributed by atoms with van der Waals surface area (Å²) in [6, 6.07) is 6.52. The van der Waals surface area contributed by atoms with Gasteiger partial charge in [0, 0.05) is 29.6 Å². The Morgan fingerprint density at radius 3 is 2.36 bits per heavy atom. The molecule has 1 aromatic carbocycles. The number of nitrogens with one attached hydrogen (secondary N) is 1. The minimum atomic E-state index is -0.407. The van der Waals surface area contributed by atoms with Gasteiger partial charge in [0.15, 0.2) is 0 Å². The fourth-order valence-corrected chi connectivity index (χ4v) is 1.22. The number of nitrogens with two attached hydrogens (primary N) is 1. The van der Waals surface area contributed by atoms with Crippen molar-refractivity contribution in [2.45, 2.75) is 0 Å². The Kier molecular flexibility index (Phi) is 3.15. The van der Waals surface area contributed by atoms with Crippen molar-refractivity contribution in [3.8, 4) is 0 Å². The normalized spacial score (nSPS) is 9.71. The second kappa shape index (κ2) is 4.00. The van der Waals surface area contributed by atoms with Crippen molar-refractivity contribution >= 4 is 40.3 Å². The van der Waals surface area contributed by atoms with Gasteiger partial charge in [-0.1, -0.05) is 12.1 Å². The molecule has 67 valence electrons. The van der Waals surface area contributed by atoms with Gasteiger partial charge in [-0.05, 0) is 12.1 Å². The summed E-state index contributed by atoms with van der Waals surface area (Å²) < 4.78 is 0. The fraction of sp³-hybridized carbons (Fsp3) is 0. The summed E-state index contributed by atoms with van der Waals surface area (Å²) in [5.41, 5.74) is -0.770. The van der Waals surface area contributed by atoms with Gasteiger partial charge in [0.1, 0.15) is 0 Å². The van der Waals surface area contributed by atoms with Gasteiger partial charge in [-0.25, -0.2) is 5.10 Å². The van der Waals surface area contributed by atoms with Gasteiger partial charge in [0.05, 0.1) is 10.8 Å². The zero-order chi connectivity index (χ0) is 9.42. The van der Waals surface area contributed by atoms with Crippen LogP contribution < -0.4 is 17.0 Å². The van der Waals surface area contributed by atoms with Crippen LogP contribution in [0.25, 0.3) is 10.8 Å². The van der Waals surface area contributed by atoms with Gasteiger partial charge in [-0.3, -0.25) is 9.59 Å². The van der Waals surface area contributed by atoms with Gasteiger partial charge < -0.3 is 5.84 Å². The average molecular weight is 200 g/mol. The maximum absolute atomic E-state index is 11.3. The van der Waals surface area contributed by atoms with Gasteiger partial charge in [-0.2, -0.15) is 4.79 Å². The van der Waals surface area contributed by atoms with Crippen LogP contribution in [0.5, 0.6) is 0 Å². The summed E-state index contributed by atoms with van der Waals surface area (Å²) >= 11 is 0. The van der Waals surface area contributed by atoms with E-state index in [1.165, 1.54) is 0 Å². The van der Waals surface area contributed by atoms with Crippen LogP contribution in [0.1, 0.15) is 0 Å². The van der Waals surface area contributed by atoms with E-state index in [1.54, 1.807) is 24.3 Å². The van der Waals surface area contributed by atoms with Crippen LogP contribution >= 0.6 is 0 Å². The molecule has 0 fully saturated rings. The number of benzene rings is 1. The Balaban J connectivity index is 0.000000980. The van der Waals surface area contributed by atoms with E-state index in [4.69, 9.17) is 5.84 Å². The molecular formula is C8H7N3NaO2. The van der Waals surface area contributed by atoms with Crippen molar-refractivity contribution in [1.29, 1.82) is 0 Å². The number of nitrogens with zero attached hydrogens (tertiary/aromatic N) is 1. The number of aromatic amines is 1. The first kappa shape index (κ1) is 11.0. The molecule has 14 heavy (non-hydrogen) atoms. The van der Waals surface area contributed by atoms with Crippen LogP contribution in [0.2, 0.25) is 0 Å². The second-order valence-electron chi connectivity index (χ2n) is 2.66. The van der Waals surface area contributed by atoms with E-state index in [-0.39, 0.29) is 35.1 Å². The third-order valence-electron chi connectivity index (χ3n) is 1.84. The van der Waals surface area contributed by atoms with E-state index >= 15 is 0 Å². The van der Waals surface area contributed by atoms with Crippen molar-refractivity contribution in [3.63, 3.8) is 0 Å². The van der Waals surface area contributed by atoms with Crippen molar-refractivity contribution in [2.24, 2.45) is 0 Å². The molecule has 6 heteroatoms. The van der Waals surface area contributed by atoms with Crippen LogP contribution in [-0.2, 0) is 0 Å². The van der Waals surface area contributed by atoms with Crippen molar-refractivity contribution in [2.75, 3.05) is 5.84 Å². The molecule has 2 aromatic rings. The standard InChI is InChI=1S/C8H7N3O2.Na/c9-11-8(13)6-4-2-1-3-5(6)7(12)10-11;/h1-4H,9H2,(H,10,12);. The van der Waals surface area contributed by atoms with Gasteiger partial charge in [-0.15, -0.1) is 0 Å². The van der Waals surface area contributed by atoms with E-state index in [9.17, 15) is 9.59 Å². The topological polar surface area (TPSA) is 80.9 Å². The summed E-state index contributed by atoms with van der Waals surface area (Å²) in [4.78, 5) is 23.3. The first-order chi connectivity index (χ1) is 6.20.